The van der Waals surface area contributed by atoms with Gasteiger partial charge in [0.25, 0.3) is 5.91 Å². The van der Waals surface area contributed by atoms with Crippen LogP contribution in [0.4, 0.5) is 5.69 Å². The molecule has 1 saturated carbocycles. The molecule has 0 bridgehead atoms. The number of rotatable bonds is 5. The minimum Gasteiger partial charge on any atom is -0.367 e. The van der Waals surface area contributed by atoms with Crippen LogP contribution in [0.25, 0.3) is 0 Å². The molecule has 0 spiro atoms. The van der Waals surface area contributed by atoms with E-state index in [9.17, 15) is 4.79 Å². The van der Waals surface area contributed by atoms with Crippen LogP contribution in [0.15, 0.2) is 60.7 Å². The van der Waals surface area contributed by atoms with Gasteiger partial charge in [-0.1, -0.05) is 74.2 Å². The lowest BCUT2D eigenvalue weighted by atomic mass is 10.1. The zero-order chi connectivity index (χ0) is 24.7. The Bertz CT molecular complexity index is 1130. The van der Waals surface area contributed by atoms with Gasteiger partial charge >= 0.3 is 0 Å². The fraction of sp³-hybridized carbons (Fsp3) is 0.484. The maximum atomic E-state index is 14.0. The smallest absolute Gasteiger partial charge is 0.272 e. The molecule has 2 aromatic carbocycles. The van der Waals surface area contributed by atoms with Crippen LogP contribution >= 0.6 is 0 Å². The summed E-state index contributed by atoms with van der Waals surface area (Å²) < 4.78 is 1.92. The van der Waals surface area contributed by atoms with Crippen molar-refractivity contribution in [1.82, 2.24) is 14.7 Å². The molecule has 0 atom stereocenters. The lowest BCUT2D eigenvalue weighted by Gasteiger charge is -2.30. The standard InChI is InChI=1S/C31H40N4O/c1-2-35-30(22-28(32-35)26-18-19-26)31(36)34-21-13-6-4-3-5-12-20-33(23-25-14-8-7-9-15-25)29-17-11-10-16-27(29)24-34/h7-11,14-17,22,26H,2-6,12-13,18-21,23-24H2,1H3. The molecule has 1 aromatic heterocycles. The number of amides is 1. The van der Waals surface area contributed by atoms with Gasteiger partial charge < -0.3 is 9.80 Å². The Morgan fingerprint density at radius 3 is 2.33 bits per heavy atom. The molecule has 0 radical (unpaired) electrons. The predicted octanol–water partition coefficient (Wildman–Crippen LogP) is 6.78. The molecule has 0 unspecified atom stereocenters. The van der Waals surface area contributed by atoms with Gasteiger partial charge in [-0.3, -0.25) is 9.48 Å². The van der Waals surface area contributed by atoms with Crippen molar-refractivity contribution in [3.63, 3.8) is 0 Å². The lowest BCUT2D eigenvalue weighted by Crippen LogP contribution is -2.34. The maximum absolute atomic E-state index is 14.0. The van der Waals surface area contributed by atoms with Gasteiger partial charge in [0.2, 0.25) is 0 Å². The number of hydrogen-bond acceptors (Lipinski definition) is 3. The first-order valence-electron chi connectivity index (χ1n) is 14.0. The summed E-state index contributed by atoms with van der Waals surface area (Å²) in [5.41, 5.74) is 5.65. The lowest BCUT2D eigenvalue weighted by molar-refractivity contribution is 0.0727. The number of aryl methyl sites for hydroxylation is 1. The number of para-hydroxylation sites is 1. The topological polar surface area (TPSA) is 41.4 Å². The summed E-state index contributed by atoms with van der Waals surface area (Å²) in [4.78, 5) is 18.6. The fourth-order valence-electron chi connectivity index (χ4n) is 5.40. The van der Waals surface area contributed by atoms with E-state index in [1.165, 1.54) is 61.8 Å². The summed E-state index contributed by atoms with van der Waals surface area (Å²) in [5.74, 6) is 0.669. The molecule has 3 aromatic rings. The molecular weight excluding hydrogens is 444 g/mol. The van der Waals surface area contributed by atoms with Crippen LogP contribution < -0.4 is 4.90 Å². The van der Waals surface area contributed by atoms with Crippen LogP contribution in [0, 0.1) is 0 Å². The highest BCUT2D eigenvalue weighted by Crippen LogP contribution is 2.39. The third-order valence-corrected chi connectivity index (χ3v) is 7.62. The minimum atomic E-state index is 0.121. The van der Waals surface area contributed by atoms with E-state index in [1.807, 2.05) is 4.68 Å². The normalized spacial score (nSPS) is 17.6. The summed E-state index contributed by atoms with van der Waals surface area (Å²) in [6.07, 6.45) is 9.59. The first-order valence-corrected chi connectivity index (χ1v) is 14.0. The van der Waals surface area contributed by atoms with Gasteiger partial charge in [-0.05, 0) is 55.9 Å². The summed E-state index contributed by atoms with van der Waals surface area (Å²) >= 11 is 0. The van der Waals surface area contributed by atoms with Gasteiger partial charge in [-0.2, -0.15) is 5.10 Å². The van der Waals surface area contributed by atoms with Gasteiger partial charge in [-0.25, -0.2) is 0 Å². The third-order valence-electron chi connectivity index (χ3n) is 7.62. The number of fused-ring (bicyclic) bond motifs is 1. The first-order chi connectivity index (χ1) is 17.7. The van der Waals surface area contributed by atoms with Gasteiger partial charge in [0, 0.05) is 44.3 Å². The number of benzene rings is 2. The molecule has 1 amide bonds. The third kappa shape index (κ3) is 6.00. The van der Waals surface area contributed by atoms with Crippen LogP contribution in [0.2, 0.25) is 0 Å². The van der Waals surface area contributed by atoms with E-state index in [2.05, 4.69) is 77.4 Å². The zero-order valence-corrected chi connectivity index (χ0v) is 21.7. The Balaban J connectivity index is 1.45. The largest absolute Gasteiger partial charge is 0.367 e. The Hall–Kier alpha value is -3.08. The Kier molecular flexibility index (Phi) is 8.04. The van der Waals surface area contributed by atoms with Crippen molar-refractivity contribution in [2.75, 3.05) is 18.0 Å². The number of nitrogens with zero attached hydrogens (tertiary/aromatic N) is 4. The van der Waals surface area contributed by atoms with Crippen molar-refractivity contribution in [3.05, 3.63) is 83.2 Å². The molecular formula is C31H40N4O. The van der Waals surface area contributed by atoms with Gasteiger partial charge in [0.15, 0.2) is 0 Å². The van der Waals surface area contributed by atoms with Crippen molar-refractivity contribution in [3.8, 4) is 0 Å². The minimum absolute atomic E-state index is 0.121. The summed E-state index contributed by atoms with van der Waals surface area (Å²) in [5, 5.41) is 4.79. The highest BCUT2D eigenvalue weighted by atomic mass is 16.2. The molecule has 0 saturated heterocycles. The van der Waals surface area contributed by atoms with E-state index in [4.69, 9.17) is 5.10 Å². The van der Waals surface area contributed by atoms with Gasteiger partial charge in [0.1, 0.15) is 5.69 Å². The SMILES string of the molecule is CCn1nc(C2CC2)cc1C(=O)N1CCCCCCCCN(Cc2ccccc2)c2ccccc2C1. The molecule has 5 rings (SSSR count). The fourth-order valence-corrected chi connectivity index (χ4v) is 5.40. The van der Waals surface area contributed by atoms with E-state index >= 15 is 0 Å². The summed E-state index contributed by atoms with van der Waals surface area (Å²) in [6.45, 7) is 6.15. The number of aromatic nitrogens is 2. The van der Waals surface area contributed by atoms with E-state index in [-0.39, 0.29) is 5.91 Å². The molecule has 5 nitrogen and oxygen atoms in total. The highest BCUT2D eigenvalue weighted by Gasteiger charge is 2.30. The highest BCUT2D eigenvalue weighted by molar-refractivity contribution is 5.93. The van der Waals surface area contributed by atoms with Crippen LogP contribution in [0.5, 0.6) is 0 Å². The van der Waals surface area contributed by atoms with Gasteiger partial charge in [-0.15, -0.1) is 0 Å². The Morgan fingerprint density at radius 1 is 0.889 bits per heavy atom. The molecule has 1 aliphatic carbocycles. The summed E-state index contributed by atoms with van der Waals surface area (Å²) in [6, 6.07) is 21.5. The second-order valence-electron chi connectivity index (χ2n) is 10.4. The number of hydrogen-bond donors (Lipinski definition) is 0. The first kappa shape index (κ1) is 24.6. The molecule has 1 aliphatic heterocycles. The van der Waals surface area contributed by atoms with E-state index in [0.717, 1.165) is 44.0 Å². The molecule has 2 aliphatic rings. The predicted molar refractivity (Wildman–Crippen MR) is 146 cm³/mol. The van der Waals surface area contributed by atoms with Crippen LogP contribution in [0.3, 0.4) is 0 Å². The van der Waals surface area contributed by atoms with Crippen molar-refractivity contribution in [2.24, 2.45) is 0 Å². The molecule has 2 heterocycles. The quantitative estimate of drug-likeness (QED) is 0.401. The van der Waals surface area contributed by atoms with E-state index in [1.54, 1.807) is 0 Å². The van der Waals surface area contributed by atoms with Gasteiger partial charge in [0.05, 0.1) is 5.69 Å². The average molecular weight is 485 g/mol. The van der Waals surface area contributed by atoms with Crippen LogP contribution in [0.1, 0.15) is 91.5 Å². The van der Waals surface area contributed by atoms with Crippen LogP contribution in [-0.2, 0) is 19.6 Å². The van der Waals surface area contributed by atoms with Crippen molar-refractivity contribution in [2.45, 2.75) is 83.8 Å². The van der Waals surface area contributed by atoms with Crippen LogP contribution in [-0.4, -0.2) is 33.7 Å². The maximum Gasteiger partial charge on any atom is 0.272 e. The van der Waals surface area contributed by atoms with Crippen molar-refractivity contribution < 1.29 is 4.79 Å². The van der Waals surface area contributed by atoms with Crippen molar-refractivity contribution >= 4 is 11.6 Å². The Labute approximate surface area is 216 Å². The summed E-state index contributed by atoms with van der Waals surface area (Å²) in [7, 11) is 0. The number of carbonyl (C=O) groups is 1. The second-order valence-corrected chi connectivity index (χ2v) is 10.4. The van der Waals surface area contributed by atoms with E-state index in [0.29, 0.717) is 12.5 Å². The van der Waals surface area contributed by atoms with E-state index < -0.39 is 0 Å². The molecule has 190 valence electrons. The van der Waals surface area contributed by atoms with Crippen molar-refractivity contribution in [1.29, 1.82) is 0 Å². The average Bonchev–Trinajstić information content (AvgIpc) is 3.67. The molecule has 36 heavy (non-hydrogen) atoms. The zero-order valence-electron chi connectivity index (χ0n) is 21.7. The number of anilines is 1. The Morgan fingerprint density at radius 2 is 1.58 bits per heavy atom. The molecule has 1 fully saturated rings. The number of carbonyl (C=O) groups excluding carboxylic acids is 1. The monoisotopic (exact) mass is 484 g/mol. The second kappa shape index (κ2) is 11.8. The molecule has 0 N–H and O–H groups in total. The molecule has 5 heteroatoms.